The molecule has 3 aromatic carbocycles. The number of β-amino-alcohol motifs (C(OH)–C–C–N with tert-alkyl or cyclic N) is 1. The molecule has 0 aliphatic carbocycles. The van der Waals surface area contributed by atoms with Crippen LogP contribution in [-0.2, 0) is 23.0 Å². The topological polar surface area (TPSA) is 98.9 Å². The predicted molar refractivity (Wildman–Crippen MR) is 144 cm³/mol. The maximum atomic E-state index is 13.1. The van der Waals surface area contributed by atoms with Gasteiger partial charge in [-0.25, -0.2) is 13.1 Å². The van der Waals surface area contributed by atoms with Crippen molar-refractivity contribution in [3.8, 4) is 0 Å². The Morgan fingerprint density at radius 1 is 0.861 bits per heavy atom. The normalized spacial score (nSPS) is 17.1. The van der Waals surface area contributed by atoms with E-state index in [1.807, 2.05) is 49.4 Å². The van der Waals surface area contributed by atoms with Gasteiger partial charge < -0.3 is 10.8 Å². The summed E-state index contributed by atoms with van der Waals surface area (Å²) in [6.07, 6.45) is -0.446. The fourth-order valence-corrected chi connectivity index (χ4v) is 5.78. The molecule has 2 atom stereocenters. The summed E-state index contributed by atoms with van der Waals surface area (Å²) in [5.41, 5.74) is 9.74. The molecule has 0 saturated carbocycles. The number of nitrogens with one attached hydrogen (secondary N) is 1. The molecule has 0 unspecified atom stereocenters. The maximum Gasteiger partial charge on any atom is 0.240 e. The van der Waals surface area contributed by atoms with Gasteiger partial charge in [-0.1, -0.05) is 60.2 Å². The molecule has 3 aromatic rings. The molecule has 8 heteroatoms. The van der Waals surface area contributed by atoms with E-state index in [0.717, 1.165) is 49.5 Å². The molecule has 4 rings (SSSR count). The van der Waals surface area contributed by atoms with Crippen LogP contribution in [0.3, 0.4) is 0 Å². The van der Waals surface area contributed by atoms with Gasteiger partial charge in [0.2, 0.25) is 10.0 Å². The first-order valence-electron chi connectivity index (χ1n) is 12.4. The fourth-order valence-electron chi connectivity index (χ4n) is 4.51. The summed E-state index contributed by atoms with van der Waals surface area (Å²) in [7, 11) is -3.77. The lowest BCUT2D eigenvalue weighted by molar-refractivity contribution is 0.0549. The Labute approximate surface area is 214 Å². The van der Waals surface area contributed by atoms with E-state index in [0.29, 0.717) is 13.0 Å². The van der Waals surface area contributed by atoms with Crippen molar-refractivity contribution in [2.75, 3.05) is 38.5 Å². The summed E-state index contributed by atoms with van der Waals surface area (Å²) in [4.78, 5) is 4.80. The van der Waals surface area contributed by atoms with Gasteiger partial charge in [-0.05, 0) is 48.7 Å². The van der Waals surface area contributed by atoms with Crippen molar-refractivity contribution >= 4 is 15.7 Å². The van der Waals surface area contributed by atoms with Gasteiger partial charge in [0.15, 0.2) is 0 Å². The largest absolute Gasteiger partial charge is 0.399 e. The molecule has 192 valence electrons. The molecule has 1 saturated heterocycles. The van der Waals surface area contributed by atoms with Crippen LogP contribution in [0, 0.1) is 6.92 Å². The Hall–Kier alpha value is -2.75. The van der Waals surface area contributed by atoms with E-state index in [1.54, 1.807) is 24.3 Å². The highest BCUT2D eigenvalue weighted by Gasteiger charge is 2.29. The number of sulfonamides is 1. The predicted octanol–water partition coefficient (Wildman–Crippen LogP) is 2.65. The first kappa shape index (κ1) is 26.3. The summed E-state index contributed by atoms with van der Waals surface area (Å²) >= 11 is 0. The number of hydrogen-bond donors (Lipinski definition) is 3. The van der Waals surface area contributed by atoms with E-state index in [4.69, 9.17) is 5.73 Å². The number of anilines is 1. The lowest BCUT2D eigenvalue weighted by Crippen LogP contribution is -2.53. The van der Waals surface area contributed by atoms with Gasteiger partial charge in [0.25, 0.3) is 0 Å². The van der Waals surface area contributed by atoms with Crippen molar-refractivity contribution in [3.05, 3.63) is 95.6 Å². The Bertz CT molecular complexity index is 1190. The standard InChI is InChI=1S/C28H36N4O3S/c1-22-7-13-26(14-8-22)36(34,35)30-27(19-23-5-3-2-4-6-23)28(33)21-32-17-15-31(16-18-32)20-24-9-11-25(29)12-10-24/h2-14,27-28,30,33H,15-21,29H2,1H3/t27-,28+/m0/s1. The van der Waals surface area contributed by atoms with Crippen molar-refractivity contribution in [1.29, 1.82) is 0 Å². The summed E-state index contributed by atoms with van der Waals surface area (Å²) in [5.74, 6) is 0. The van der Waals surface area contributed by atoms with Crippen molar-refractivity contribution in [3.63, 3.8) is 0 Å². The third-order valence-corrected chi connectivity index (χ3v) is 8.20. The van der Waals surface area contributed by atoms with Gasteiger partial charge >= 0.3 is 0 Å². The van der Waals surface area contributed by atoms with Crippen LogP contribution in [0.15, 0.2) is 83.8 Å². The number of rotatable bonds is 10. The van der Waals surface area contributed by atoms with Crippen LogP contribution in [0.2, 0.25) is 0 Å². The number of piperazine rings is 1. The number of nitrogens with zero attached hydrogens (tertiary/aromatic N) is 2. The lowest BCUT2D eigenvalue weighted by atomic mass is 10.0. The summed E-state index contributed by atoms with van der Waals surface area (Å²) in [6, 6.07) is 23.8. The second-order valence-electron chi connectivity index (χ2n) is 9.62. The van der Waals surface area contributed by atoms with Crippen LogP contribution in [-0.4, -0.2) is 68.2 Å². The molecular formula is C28H36N4O3S. The number of aliphatic hydroxyl groups excluding tert-OH is 1. The minimum atomic E-state index is -3.77. The molecule has 1 aliphatic heterocycles. The van der Waals surface area contributed by atoms with Crippen molar-refractivity contribution in [2.45, 2.75) is 36.9 Å². The fraction of sp³-hybridized carbons (Fsp3) is 0.357. The average molecular weight is 509 g/mol. The Kier molecular flexibility index (Phi) is 8.77. The van der Waals surface area contributed by atoms with Crippen molar-refractivity contribution in [1.82, 2.24) is 14.5 Å². The summed E-state index contributed by atoms with van der Waals surface area (Å²) < 4.78 is 29.0. The molecule has 36 heavy (non-hydrogen) atoms. The lowest BCUT2D eigenvalue weighted by Gasteiger charge is -2.37. The summed E-state index contributed by atoms with van der Waals surface area (Å²) in [5, 5.41) is 11.2. The molecular weight excluding hydrogens is 472 g/mol. The van der Waals surface area contributed by atoms with Crippen molar-refractivity contribution < 1.29 is 13.5 Å². The molecule has 1 fully saturated rings. The van der Waals surface area contributed by atoms with E-state index >= 15 is 0 Å². The zero-order valence-electron chi connectivity index (χ0n) is 20.8. The molecule has 1 heterocycles. The van der Waals surface area contributed by atoms with Crippen LogP contribution < -0.4 is 10.5 Å². The van der Waals surface area contributed by atoms with E-state index < -0.39 is 22.2 Å². The highest BCUT2D eigenvalue weighted by atomic mass is 32.2. The molecule has 0 spiro atoms. The monoisotopic (exact) mass is 508 g/mol. The van der Waals surface area contributed by atoms with Gasteiger partial charge in [-0.2, -0.15) is 0 Å². The Morgan fingerprint density at radius 2 is 1.47 bits per heavy atom. The number of aliphatic hydroxyl groups is 1. The molecule has 1 aliphatic rings. The third kappa shape index (κ3) is 7.38. The second kappa shape index (κ2) is 12.0. The molecule has 0 radical (unpaired) electrons. The third-order valence-electron chi connectivity index (χ3n) is 6.70. The number of nitrogens with two attached hydrogens (primary N) is 1. The van der Waals surface area contributed by atoms with Crippen molar-refractivity contribution in [2.24, 2.45) is 0 Å². The molecule has 0 amide bonds. The van der Waals surface area contributed by atoms with Gasteiger partial charge in [0.05, 0.1) is 17.0 Å². The molecule has 4 N–H and O–H groups in total. The zero-order chi connectivity index (χ0) is 25.5. The van der Waals surface area contributed by atoms with E-state index in [9.17, 15) is 13.5 Å². The first-order valence-corrected chi connectivity index (χ1v) is 13.9. The van der Waals surface area contributed by atoms with Crippen LogP contribution in [0.25, 0.3) is 0 Å². The Balaban J connectivity index is 1.38. The van der Waals surface area contributed by atoms with Gasteiger partial charge in [-0.15, -0.1) is 0 Å². The van der Waals surface area contributed by atoms with Crippen LogP contribution in [0.4, 0.5) is 5.69 Å². The van der Waals surface area contributed by atoms with E-state index in [2.05, 4.69) is 26.7 Å². The quantitative estimate of drug-likeness (QED) is 0.364. The summed E-state index contributed by atoms with van der Waals surface area (Å²) in [6.45, 7) is 6.59. The average Bonchev–Trinajstić information content (AvgIpc) is 2.87. The minimum Gasteiger partial charge on any atom is -0.399 e. The smallest absolute Gasteiger partial charge is 0.240 e. The highest BCUT2D eigenvalue weighted by Crippen LogP contribution is 2.16. The van der Waals surface area contributed by atoms with E-state index in [-0.39, 0.29) is 4.90 Å². The van der Waals surface area contributed by atoms with Gasteiger partial charge in [0.1, 0.15) is 0 Å². The number of aryl methyl sites for hydroxylation is 1. The molecule has 7 nitrogen and oxygen atoms in total. The van der Waals surface area contributed by atoms with Crippen LogP contribution in [0.5, 0.6) is 0 Å². The van der Waals surface area contributed by atoms with E-state index in [1.165, 1.54) is 5.56 Å². The first-order chi connectivity index (χ1) is 17.3. The number of nitrogen functional groups attached to an aromatic ring is 1. The van der Waals surface area contributed by atoms with Gasteiger partial charge in [-0.3, -0.25) is 9.80 Å². The molecule has 0 bridgehead atoms. The maximum absolute atomic E-state index is 13.1. The zero-order valence-corrected chi connectivity index (χ0v) is 21.6. The van der Waals surface area contributed by atoms with Crippen LogP contribution >= 0.6 is 0 Å². The number of benzene rings is 3. The van der Waals surface area contributed by atoms with Crippen LogP contribution in [0.1, 0.15) is 16.7 Å². The number of hydrogen-bond acceptors (Lipinski definition) is 6. The highest BCUT2D eigenvalue weighted by molar-refractivity contribution is 7.89. The van der Waals surface area contributed by atoms with Gasteiger partial charge in [0, 0.05) is 45.0 Å². The molecule has 0 aromatic heterocycles. The minimum absolute atomic E-state index is 0.203. The second-order valence-corrected chi connectivity index (χ2v) is 11.3. The Morgan fingerprint density at radius 3 is 2.11 bits per heavy atom. The SMILES string of the molecule is Cc1ccc(S(=O)(=O)N[C@@H](Cc2ccccc2)[C@H](O)CN2CCN(Cc3ccc(N)cc3)CC2)cc1.